The van der Waals surface area contributed by atoms with Crippen molar-refractivity contribution >= 4 is 28.0 Å². The minimum Gasteiger partial charge on any atom is -0.349 e. The highest BCUT2D eigenvalue weighted by Gasteiger charge is 2.22. The number of hydrogen-bond donors (Lipinski definition) is 1. The number of nitrogens with zero attached hydrogens (tertiary/aromatic N) is 5. The molecule has 0 unspecified atom stereocenters. The maximum atomic E-state index is 14.8. The van der Waals surface area contributed by atoms with Crippen molar-refractivity contribution in [3.63, 3.8) is 0 Å². The molecule has 34 heavy (non-hydrogen) atoms. The molecule has 5 aromatic rings. The van der Waals surface area contributed by atoms with Crippen LogP contribution in [0, 0.1) is 5.82 Å². The van der Waals surface area contributed by atoms with E-state index in [0.717, 1.165) is 35.7 Å². The highest BCUT2D eigenvalue weighted by molar-refractivity contribution is 5.95. The number of carbonyl (C=O) groups is 1. The van der Waals surface area contributed by atoms with E-state index in [-0.39, 0.29) is 17.5 Å². The number of hydrogen-bond acceptors (Lipinski definition) is 5. The normalized spacial score (nSPS) is 13.8. The first-order chi connectivity index (χ1) is 16.7. The van der Waals surface area contributed by atoms with Gasteiger partial charge in [-0.2, -0.15) is 0 Å². The van der Waals surface area contributed by atoms with Gasteiger partial charge in [-0.3, -0.25) is 9.78 Å². The predicted molar refractivity (Wildman–Crippen MR) is 127 cm³/mol. The fourth-order valence-corrected chi connectivity index (χ4v) is 4.25. The molecule has 1 fully saturated rings. The maximum Gasteiger partial charge on any atom is 0.254 e. The highest BCUT2D eigenvalue weighted by Crippen LogP contribution is 2.25. The van der Waals surface area contributed by atoms with Crippen LogP contribution >= 0.6 is 0 Å². The van der Waals surface area contributed by atoms with Crippen molar-refractivity contribution in [3.8, 4) is 11.3 Å². The van der Waals surface area contributed by atoms with Gasteiger partial charge >= 0.3 is 0 Å². The second-order valence-electron chi connectivity index (χ2n) is 8.57. The summed E-state index contributed by atoms with van der Waals surface area (Å²) in [6, 6.07) is 18.3. The molecule has 1 N–H and O–H groups in total. The van der Waals surface area contributed by atoms with E-state index in [9.17, 15) is 9.18 Å². The molecule has 1 aliphatic rings. The van der Waals surface area contributed by atoms with E-state index in [1.807, 2.05) is 36.4 Å². The van der Waals surface area contributed by atoms with Gasteiger partial charge in [-0.25, -0.2) is 14.1 Å². The van der Waals surface area contributed by atoms with Crippen molar-refractivity contribution in [1.29, 1.82) is 0 Å². The van der Waals surface area contributed by atoms with Crippen molar-refractivity contribution in [2.45, 2.75) is 31.8 Å². The van der Waals surface area contributed by atoms with Gasteiger partial charge in [0.1, 0.15) is 11.3 Å². The predicted octanol–water partition coefficient (Wildman–Crippen LogP) is 4.51. The average molecular weight is 452 g/mol. The quantitative estimate of drug-likeness (QED) is 0.424. The van der Waals surface area contributed by atoms with Crippen LogP contribution in [0.4, 0.5) is 4.39 Å². The van der Waals surface area contributed by atoms with Gasteiger partial charge in [0.2, 0.25) is 0 Å². The number of halogens is 1. The van der Waals surface area contributed by atoms with E-state index in [2.05, 4.69) is 20.6 Å². The summed E-state index contributed by atoms with van der Waals surface area (Å²) in [7, 11) is 0. The standard InChI is InChI=1S/C26H21FN6O/c27-21-14-17(9-10-20(21)26(34)29-19-7-2-8-19)22-11-12-23-25(30-22)33(32-31-23)15-18-5-1-4-16-6-3-13-28-24(16)18/h1,3-6,9-14,19H,2,7-8,15H2,(H,29,34). The van der Waals surface area contributed by atoms with Crippen LogP contribution in [-0.2, 0) is 6.54 Å². The first-order valence-electron chi connectivity index (χ1n) is 11.3. The number of aromatic nitrogens is 5. The molecule has 6 rings (SSSR count). The van der Waals surface area contributed by atoms with Gasteiger partial charge in [-0.1, -0.05) is 35.5 Å². The van der Waals surface area contributed by atoms with Crippen LogP contribution in [0.3, 0.4) is 0 Å². The molecule has 1 aliphatic carbocycles. The Labute approximate surface area is 194 Å². The minimum atomic E-state index is -0.565. The largest absolute Gasteiger partial charge is 0.349 e. The van der Waals surface area contributed by atoms with Crippen LogP contribution in [0.15, 0.2) is 66.9 Å². The fraction of sp³-hybridized carbons (Fsp3) is 0.192. The summed E-state index contributed by atoms with van der Waals surface area (Å²) in [5.74, 6) is -0.937. The monoisotopic (exact) mass is 452 g/mol. The molecule has 8 heteroatoms. The molecule has 168 valence electrons. The second kappa shape index (κ2) is 8.30. The first-order valence-corrected chi connectivity index (χ1v) is 11.3. The van der Waals surface area contributed by atoms with Crippen molar-refractivity contribution in [2.24, 2.45) is 0 Å². The molecule has 7 nitrogen and oxygen atoms in total. The summed E-state index contributed by atoms with van der Waals surface area (Å²) in [6.07, 6.45) is 4.77. The number of pyridine rings is 2. The third-order valence-corrected chi connectivity index (χ3v) is 6.35. The summed E-state index contributed by atoms with van der Waals surface area (Å²) < 4.78 is 16.5. The summed E-state index contributed by atoms with van der Waals surface area (Å²) in [6.45, 7) is 0.454. The SMILES string of the molecule is O=C(NC1CCC1)c1ccc(-c2ccc3nnn(Cc4cccc5cccnc45)c3n2)cc1F. The van der Waals surface area contributed by atoms with Gasteiger partial charge in [-0.15, -0.1) is 5.10 Å². The molecule has 0 atom stereocenters. The Morgan fingerprint density at radius 1 is 1.09 bits per heavy atom. The Kier molecular flexibility index (Phi) is 4.98. The summed E-state index contributed by atoms with van der Waals surface area (Å²) >= 11 is 0. The molecule has 0 bridgehead atoms. The van der Waals surface area contributed by atoms with Gasteiger partial charge in [-0.05, 0) is 55.2 Å². The number of amides is 1. The van der Waals surface area contributed by atoms with Gasteiger partial charge < -0.3 is 5.32 Å². The van der Waals surface area contributed by atoms with Crippen molar-refractivity contribution in [3.05, 3.63) is 83.8 Å². The Hall–Kier alpha value is -4.20. The van der Waals surface area contributed by atoms with Crippen LogP contribution < -0.4 is 5.32 Å². The Morgan fingerprint density at radius 2 is 1.97 bits per heavy atom. The number of benzene rings is 2. The smallest absolute Gasteiger partial charge is 0.254 e. The number of rotatable bonds is 5. The lowest BCUT2D eigenvalue weighted by molar-refractivity contribution is 0.0913. The zero-order valence-corrected chi connectivity index (χ0v) is 18.3. The topological polar surface area (TPSA) is 85.6 Å². The van der Waals surface area contributed by atoms with E-state index < -0.39 is 5.82 Å². The molecule has 0 saturated heterocycles. The number of carbonyl (C=O) groups excluding carboxylic acids is 1. The van der Waals surface area contributed by atoms with Crippen LogP contribution in [0.25, 0.3) is 33.3 Å². The van der Waals surface area contributed by atoms with E-state index in [1.165, 1.54) is 12.1 Å². The molecule has 0 radical (unpaired) electrons. The van der Waals surface area contributed by atoms with E-state index in [4.69, 9.17) is 4.98 Å². The number of nitrogens with one attached hydrogen (secondary N) is 1. The van der Waals surface area contributed by atoms with Gasteiger partial charge in [0.15, 0.2) is 5.65 Å². The van der Waals surface area contributed by atoms with Crippen molar-refractivity contribution < 1.29 is 9.18 Å². The average Bonchev–Trinajstić information content (AvgIpc) is 3.23. The Morgan fingerprint density at radius 3 is 2.79 bits per heavy atom. The van der Waals surface area contributed by atoms with Crippen LogP contribution in [0.1, 0.15) is 35.2 Å². The van der Waals surface area contributed by atoms with E-state index >= 15 is 0 Å². The molecule has 0 aliphatic heterocycles. The fourth-order valence-electron chi connectivity index (χ4n) is 4.25. The van der Waals surface area contributed by atoms with Crippen LogP contribution in [0.5, 0.6) is 0 Å². The third-order valence-electron chi connectivity index (χ3n) is 6.35. The number of para-hydroxylation sites is 1. The lowest BCUT2D eigenvalue weighted by Gasteiger charge is -2.26. The Balaban J connectivity index is 1.32. The van der Waals surface area contributed by atoms with Gasteiger partial charge in [0, 0.05) is 23.2 Å². The molecule has 1 saturated carbocycles. The summed E-state index contributed by atoms with van der Waals surface area (Å²) in [5, 5.41) is 12.4. The third kappa shape index (κ3) is 3.67. The zero-order valence-electron chi connectivity index (χ0n) is 18.3. The summed E-state index contributed by atoms with van der Waals surface area (Å²) in [4.78, 5) is 21.6. The summed E-state index contributed by atoms with van der Waals surface area (Å²) in [5.41, 5.74) is 4.36. The molecule has 3 aromatic heterocycles. The number of fused-ring (bicyclic) bond motifs is 2. The maximum absolute atomic E-state index is 14.8. The molecule has 2 aromatic carbocycles. The van der Waals surface area contributed by atoms with Crippen LogP contribution in [-0.4, -0.2) is 36.9 Å². The lowest BCUT2D eigenvalue weighted by Crippen LogP contribution is -2.39. The zero-order chi connectivity index (χ0) is 23.1. The first kappa shape index (κ1) is 20.4. The molecule has 0 spiro atoms. The Bertz CT molecular complexity index is 1540. The van der Waals surface area contributed by atoms with Gasteiger partial charge in [0.25, 0.3) is 5.91 Å². The second-order valence-corrected chi connectivity index (χ2v) is 8.57. The molecular weight excluding hydrogens is 431 g/mol. The van der Waals surface area contributed by atoms with Crippen molar-refractivity contribution in [2.75, 3.05) is 0 Å². The molecule has 3 heterocycles. The van der Waals surface area contributed by atoms with Gasteiger partial charge in [0.05, 0.1) is 23.3 Å². The lowest BCUT2D eigenvalue weighted by atomic mass is 9.93. The molecular formula is C26H21FN6O. The van der Waals surface area contributed by atoms with Crippen molar-refractivity contribution in [1.82, 2.24) is 30.3 Å². The van der Waals surface area contributed by atoms with E-state index in [1.54, 1.807) is 23.0 Å². The van der Waals surface area contributed by atoms with E-state index in [0.29, 0.717) is 29.0 Å². The van der Waals surface area contributed by atoms with Crippen LogP contribution in [0.2, 0.25) is 0 Å². The highest BCUT2D eigenvalue weighted by atomic mass is 19.1. The minimum absolute atomic E-state index is 0.0480. The molecule has 1 amide bonds.